The van der Waals surface area contributed by atoms with Crippen LogP contribution in [0, 0.1) is 0 Å². The SMILES string of the molecule is CC(O)C(=O)N(CCO)CCO. The van der Waals surface area contributed by atoms with Crippen LogP contribution in [0.2, 0.25) is 0 Å². The Labute approximate surface area is 71.2 Å². The molecule has 0 aliphatic heterocycles. The fourth-order valence-corrected chi connectivity index (χ4v) is 0.838. The van der Waals surface area contributed by atoms with Crippen molar-refractivity contribution in [3.63, 3.8) is 0 Å². The molecule has 0 heterocycles. The van der Waals surface area contributed by atoms with Crippen molar-refractivity contribution in [1.82, 2.24) is 4.90 Å². The Hall–Kier alpha value is -0.650. The van der Waals surface area contributed by atoms with Crippen LogP contribution in [0.25, 0.3) is 0 Å². The summed E-state index contributed by atoms with van der Waals surface area (Å²) in [6.07, 6.45) is -1.08. The van der Waals surface area contributed by atoms with Gasteiger partial charge in [-0.15, -0.1) is 0 Å². The highest BCUT2D eigenvalue weighted by molar-refractivity contribution is 5.80. The van der Waals surface area contributed by atoms with Crippen LogP contribution in [-0.2, 0) is 4.79 Å². The molecule has 0 aromatic heterocycles. The van der Waals surface area contributed by atoms with Crippen LogP contribution < -0.4 is 0 Å². The summed E-state index contributed by atoms with van der Waals surface area (Å²) in [5, 5.41) is 26.0. The number of amides is 1. The Kier molecular flexibility index (Phi) is 5.61. The van der Waals surface area contributed by atoms with Crippen LogP contribution in [0.3, 0.4) is 0 Å². The molecule has 0 fully saturated rings. The van der Waals surface area contributed by atoms with Gasteiger partial charge in [-0.05, 0) is 6.92 Å². The first-order chi connectivity index (χ1) is 5.63. The van der Waals surface area contributed by atoms with Gasteiger partial charge in [-0.1, -0.05) is 0 Å². The molecule has 3 N–H and O–H groups in total. The minimum Gasteiger partial charge on any atom is -0.395 e. The van der Waals surface area contributed by atoms with Gasteiger partial charge in [0.1, 0.15) is 6.10 Å². The van der Waals surface area contributed by atoms with Crippen molar-refractivity contribution in [2.45, 2.75) is 13.0 Å². The van der Waals surface area contributed by atoms with E-state index >= 15 is 0 Å². The molecule has 0 saturated heterocycles. The zero-order valence-electron chi connectivity index (χ0n) is 7.10. The molecule has 0 radical (unpaired) electrons. The van der Waals surface area contributed by atoms with E-state index in [0.29, 0.717) is 0 Å². The maximum absolute atomic E-state index is 11.1. The zero-order valence-corrected chi connectivity index (χ0v) is 7.10. The monoisotopic (exact) mass is 177 g/mol. The predicted octanol–water partition coefficient (Wildman–Crippen LogP) is -1.82. The molecule has 0 aliphatic carbocycles. The Bertz CT molecular complexity index is 131. The number of carbonyl (C=O) groups excluding carboxylic acids is 1. The molecule has 72 valence electrons. The molecule has 12 heavy (non-hydrogen) atoms. The van der Waals surface area contributed by atoms with Gasteiger partial charge in [0.2, 0.25) is 0 Å². The van der Waals surface area contributed by atoms with Crippen LogP contribution in [0.15, 0.2) is 0 Å². The Balaban J connectivity index is 3.99. The largest absolute Gasteiger partial charge is 0.395 e. The molecule has 1 atom stereocenters. The zero-order chi connectivity index (χ0) is 9.56. The van der Waals surface area contributed by atoms with Gasteiger partial charge in [0, 0.05) is 13.1 Å². The van der Waals surface area contributed by atoms with E-state index in [1.54, 1.807) is 0 Å². The van der Waals surface area contributed by atoms with Crippen molar-refractivity contribution in [2.75, 3.05) is 26.3 Å². The van der Waals surface area contributed by atoms with Gasteiger partial charge >= 0.3 is 0 Å². The summed E-state index contributed by atoms with van der Waals surface area (Å²) in [4.78, 5) is 12.3. The van der Waals surface area contributed by atoms with Crippen LogP contribution in [0.5, 0.6) is 0 Å². The van der Waals surface area contributed by atoms with Crippen LogP contribution >= 0.6 is 0 Å². The molecule has 0 aromatic rings. The van der Waals surface area contributed by atoms with E-state index in [-0.39, 0.29) is 26.3 Å². The molecule has 5 heteroatoms. The lowest BCUT2D eigenvalue weighted by Crippen LogP contribution is -2.41. The van der Waals surface area contributed by atoms with E-state index in [4.69, 9.17) is 15.3 Å². The number of rotatable bonds is 5. The van der Waals surface area contributed by atoms with E-state index in [1.165, 1.54) is 11.8 Å². The van der Waals surface area contributed by atoms with E-state index in [0.717, 1.165) is 0 Å². The highest BCUT2D eigenvalue weighted by Gasteiger charge is 2.16. The standard InChI is InChI=1S/C7H15NO4/c1-6(11)7(12)8(2-4-9)3-5-10/h6,9-11H,2-5H2,1H3. The van der Waals surface area contributed by atoms with Crippen LogP contribution in [-0.4, -0.2) is 58.5 Å². The third-order valence-corrected chi connectivity index (χ3v) is 1.41. The lowest BCUT2D eigenvalue weighted by molar-refractivity contribution is -0.140. The van der Waals surface area contributed by atoms with Crippen molar-refractivity contribution in [3.05, 3.63) is 0 Å². The Morgan fingerprint density at radius 2 is 1.75 bits per heavy atom. The summed E-state index contributed by atoms with van der Waals surface area (Å²) in [6, 6.07) is 0. The van der Waals surface area contributed by atoms with Gasteiger partial charge in [0.05, 0.1) is 13.2 Å². The molecule has 1 unspecified atom stereocenters. The molecule has 5 nitrogen and oxygen atoms in total. The van der Waals surface area contributed by atoms with Gasteiger partial charge < -0.3 is 20.2 Å². The second-order valence-electron chi connectivity index (χ2n) is 2.45. The number of aliphatic hydroxyl groups is 3. The first kappa shape index (κ1) is 11.4. The predicted molar refractivity (Wildman–Crippen MR) is 42.4 cm³/mol. The van der Waals surface area contributed by atoms with Gasteiger partial charge in [0.15, 0.2) is 0 Å². The summed E-state index contributed by atoms with van der Waals surface area (Å²) in [7, 11) is 0. The highest BCUT2D eigenvalue weighted by atomic mass is 16.3. The Morgan fingerprint density at radius 3 is 2.00 bits per heavy atom. The molecular weight excluding hydrogens is 162 g/mol. The summed E-state index contributed by atoms with van der Waals surface area (Å²) in [6.45, 7) is 1.30. The van der Waals surface area contributed by atoms with E-state index in [2.05, 4.69) is 0 Å². The number of hydrogen-bond donors (Lipinski definition) is 3. The number of hydrogen-bond acceptors (Lipinski definition) is 4. The van der Waals surface area contributed by atoms with Gasteiger partial charge in [-0.25, -0.2) is 0 Å². The minimum absolute atomic E-state index is 0.143. The molecule has 0 aromatic carbocycles. The number of carbonyl (C=O) groups is 1. The third kappa shape index (κ3) is 3.66. The van der Waals surface area contributed by atoms with Crippen molar-refractivity contribution < 1.29 is 20.1 Å². The lowest BCUT2D eigenvalue weighted by atomic mass is 10.3. The first-order valence-corrected chi connectivity index (χ1v) is 3.82. The number of aliphatic hydroxyl groups excluding tert-OH is 3. The van der Waals surface area contributed by atoms with E-state index in [9.17, 15) is 4.79 Å². The summed E-state index contributed by atoms with van der Waals surface area (Å²) in [5.41, 5.74) is 0. The lowest BCUT2D eigenvalue weighted by Gasteiger charge is -2.21. The van der Waals surface area contributed by atoms with Crippen LogP contribution in [0.4, 0.5) is 0 Å². The molecule has 0 spiro atoms. The van der Waals surface area contributed by atoms with Gasteiger partial charge in [0.25, 0.3) is 5.91 Å². The van der Waals surface area contributed by atoms with Crippen molar-refractivity contribution in [3.8, 4) is 0 Å². The van der Waals surface area contributed by atoms with Gasteiger partial charge in [-0.2, -0.15) is 0 Å². The molecule has 1 amide bonds. The smallest absolute Gasteiger partial charge is 0.251 e. The first-order valence-electron chi connectivity index (χ1n) is 3.82. The third-order valence-electron chi connectivity index (χ3n) is 1.41. The van der Waals surface area contributed by atoms with Crippen LogP contribution in [0.1, 0.15) is 6.92 Å². The quantitative estimate of drug-likeness (QED) is 0.462. The average Bonchev–Trinajstić information content (AvgIpc) is 2.03. The second kappa shape index (κ2) is 5.93. The molecular formula is C7H15NO4. The maximum atomic E-state index is 11.1. The highest BCUT2D eigenvalue weighted by Crippen LogP contribution is 1.93. The number of nitrogens with zero attached hydrogens (tertiary/aromatic N) is 1. The minimum atomic E-state index is -1.08. The van der Waals surface area contributed by atoms with E-state index < -0.39 is 12.0 Å². The summed E-state index contributed by atoms with van der Waals surface area (Å²) in [5.74, 6) is -0.474. The topological polar surface area (TPSA) is 81.0 Å². The fourth-order valence-electron chi connectivity index (χ4n) is 0.838. The van der Waals surface area contributed by atoms with E-state index in [1.807, 2.05) is 0 Å². The molecule has 0 aliphatic rings. The molecule has 0 bridgehead atoms. The molecule has 0 rings (SSSR count). The second-order valence-corrected chi connectivity index (χ2v) is 2.45. The van der Waals surface area contributed by atoms with Crippen molar-refractivity contribution in [1.29, 1.82) is 0 Å². The average molecular weight is 177 g/mol. The Morgan fingerprint density at radius 1 is 1.33 bits per heavy atom. The fraction of sp³-hybridized carbons (Fsp3) is 0.857. The van der Waals surface area contributed by atoms with Crippen molar-refractivity contribution >= 4 is 5.91 Å². The summed E-state index contributed by atoms with van der Waals surface area (Å²) >= 11 is 0. The maximum Gasteiger partial charge on any atom is 0.251 e. The summed E-state index contributed by atoms with van der Waals surface area (Å²) < 4.78 is 0. The normalized spacial score (nSPS) is 12.7. The molecule has 0 saturated carbocycles. The van der Waals surface area contributed by atoms with Gasteiger partial charge in [-0.3, -0.25) is 4.79 Å². The van der Waals surface area contributed by atoms with Crippen molar-refractivity contribution in [2.24, 2.45) is 0 Å².